The molecule has 0 atom stereocenters. The van der Waals surface area contributed by atoms with Crippen LogP contribution in [0.5, 0.6) is 0 Å². The average molecular weight is 347 g/mol. The fourth-order valence-corrected chi connectivity index (χ4v) is 2.86. The topological polar surface area (TPSA) is 64.1 Å². The van der Waals surface area contributed by atoms with Gasteiger partial charge in [0.05, 0.1) is 11.4 Å². The number of nitrogens with zero attached hydrogens (tertiary/aromatic N) is 2. The minimum absolute atomic E-state index is 0.187. The van der Waals surface area contributed by atoms with Gasteiger partial charge in [-0.05, 0) is 36.4 Å². The molecule has 0 aliphatic heterocycles. The third-order valence-corrected chi connectivity index (χ3v) is 4.06. The first-order chi connectivity index (χ1) is 12.8. The number of benzene rings is 1. The molecule has 0 aliphatic rings. The third-order valence-electron chi connectivity index (χ3n) is 4.06. The molecular weight excluding hydrogens is 326 g/mol. The van der Waals surface area contributed by atoms with Crippen molar-refractivity contribution in [3.63, 3.8) is 0 Å². The fourth-order valence-electron chi connectivity index (χ4n) is 2.86. The zero-order chi connectivity index (χ0) is 18.2. The van der Waals surface area contributed by atoms with E-state index in [1.165, 1.54) is 0 Å². The highest BCUT2D eigenvalue weighted by Gasteiger charge is 2.45. The molecule has 2 heterocycles. The molecule has 0 bridgehead atoms. The number of carbonyl (C=O) groups excluding carboxylic acids is 1. The first-order valence-electron chi connectivity index (χ1n) is 8.56. The first-order valence-corrected chi connectivity index (χ1v) is 8.56. The van der Waals surface area contributed by atoms with Crippen molar-refractivity contribution in [2.75, 3.05) is 6.54 Å². The summed E-state index contributed by atoms with van der Waals surface area (Å²) in [6, 6.07) is 20.5. The second-order valence-electron chi connectivity index (χ2n) is 5.77. The van der Waals surface area contributed by atoms with Crippen molar-refractivity contribution in [3.05, 3.63) is 96.1 Å². The van der Waals surface area contributed by atoms with E-state index in [9.17, 15) is 4.79 Å². The molecule has 3 aromatic rings. The van der Waals surface area contributed by atoms with Gasteiger partial charge in [0, 0.05) is 12.4 Å². The van der Waals surface area contributed by atoms with Crippen LogP contribution in [-0.2, 0) is 21.7 Å². The van der Waals surface area contributed by atoms with E-state index in [0.717, 1.165) is 5.56 Å². The number of aromatic nitrogens is 2. The van der Waals surface area contributed by atoms with Gasteiger partial charge in [-0.15, -0.1) is 0 Å². The largest absolute Gasteiger partial charge is 0.459 e. The van der Waals surface area contributed by atoms with Crippen molar-refractivity contribution < 1.29 is 9.53 Å². The molecule has 132 valence electrons. The second kappa shape index (κ2) is 8.36. The Hall–Kier alpha value is -3.05. The highest BCUT2D eigenvalue weighted by molar-refractivity contribution is 5.86. The molecule has 0 fully saturated rings. The minimum atomic E-state index is -1.26. The normalized spacial score (nSPS) is 11.1. The van der Waals surface area contributed by atoms with Gasteiger partial charge in [0.1, 0.15) is 6.61 Å². The summed E-state index contributed by atoms with van der Waals surface area (Å²) in [6.07, 6.45) is 3.32. The van der Waals surface area contributed by atoms with Gasteiger partial charge >= 0.3 is 5.97 Å². The van der Waals surface area contributed by atoms with Crippen LogP contribution < -0.4 is 5.32 Å². The number of rotatable bonds is 7. The summed E-state index contributed by atoms with van der Waals surface area (Å²) in [5.74, 6) is -0.430. The highest BCUT2D eigenvalue weighted by atomic mass is 16.5. The monoisotopic (exact) mass is 347 g/mol. The fraction of sp³-hybridized carbons (Fsp3) is 0.190. The molecule has 1 aromatic carbocycles. The molecule has 0 saturated heterocycles. The number of hydrogen-bond donors (Lipinski definition) is 1. The summed E-state index contributed by atoms with van der Waals surface area (Å²) < 4.78 is 5.67. The van der Waals surface area contributed by atoms with E-state index in [1.54, 1.807) is 24.5 Å². The molecule has 5 nitrogen and oxygen atoms in total. The average Bonchev–Trinajstić information content (AvgIpc) is 2.72. The number of likely N-dealkylation sites (N-methyl/N-ethyl adjacent to an activating group) is 1. The van der Waals surface area contributed by atoms with Crippen molar-refractivity contribution in [2.45, 2.75) is 19.1 Å². The van der Waals surface area contributed by atoms with Crippen LogP contribution >= 0.6 is 0 Å². The van der Waals surface area contributed by atoms with Crippen molar-refractivity contribution in [1.29, 1.82) is 0 Å². The van der Waals surface area contributed by atoms with E-state index in [1.807, 2.05) is 61.5 Å². The second-order valence-corrected chi connectivity index (χ2v) is 5.77. The van der Waals surface area contributed by atoms with Crippen LogP contribution in [0.15, 0.2) is 79.1 Å². The van der Waals surface area contributed by atoms with Crippen LogP contribution in [0.2, 0.25) is 0 Å². The third kappa shape index (κ3) is 3.63. The van der Waals surface area contributed by atoms with Gasteiger partial charge in [0.15, 0.2) is 0 Å². The molecular formula is C21H21N3O2. The van der Waals surface area contributed by atoms with Gasteiger partial charge in [0.25, 0.3) is 0 Å². The van der Waals surface area contributed by atoms with E-state index in [0.29, 0.717) is 17.9 Å². The molecule has 5 heteroatoms. The first kappa shape index (κ1) is 17.8. The van der Waals surface area contributed by atoms with Gasteiger partial charge in [0.2, 0.25) is 5.54 Å². The molecule has 0 aliphatic carbocycles. The molecule has 3 rings (SSSR count). The molecule has 2 aromatic heterocycles. The maximum absolute atomic E-state index is 13.3. The van der Waals surface area contributed by atoms with Gasteiger partial charge in [-0.25, -0.2) is 4.79 Å². The Morgan fingerprint density at radius 2 is 1.50 bits per heavy atom. The standard InChI is InChI=1S/C21H21N3O2/c1-2-24-21(18-12-6-8-14-22-18,19-13-7-9-15-23-19)20(25)26-16-17-10-4-3-5-11-17/h3-15,24H,2,16H2,1H3. The van der Waals surface area contributed by atoms with Gasteiger partial charge in [-0.1, -0.05) is 49.4 Å². The van der Waals surface area contributed by atoms with E-state index >= 15 is 0 Å². The maximum Gasteiger partial charge on any atom is 0.339 e. The Morgan fingerprint density at radius 1 is 0.923 bits per heavy atom. The van der Waals surface area contributed by atoms with Crippen LogP contribution in [0.3, 0.4) is 0 Å². The van der Waals surface area contributed by atoms with Crippen LogP contribution in [0.1, 0.15) is 23.9 Å². The summed E-state index contributed by atoms with van der Waals surface area (Å²) in [5.41, 5.74) is 0.775. The van der Waals surface area contributed by atoms with E-state index in [-0.39, 0.29) is 6.61 Å². The summed E-state index contributed by atoms with van der Waals surface area (Å²) in [4.78, 5) is 22.1. The van der Waals surface area contributed by atoms with Crippen molar-refractivity contribution in [3.8, 4) is 0 Å². The number of nitrogens with one attached hydrogen (secondary N) is 1. The maximum atomic E-state index is 13.3. The lowest BCUT2D eigenvalue weighted by Gasteiger charge is -2.31. The number of hydrogen-bond acceptors (Lipinski definition) is 5. The summed E-state index contributed by atoms with van der Waals surface area (Å²) in [5, 5.41) is 3.27. The lowest BCUT2D eigenvalue weighted by Crippen LogP contribution is -2.52. The quantitative estimate of drug-likeness (QED) is 0.666. The van der Waals surface area contributed by atoms with E-state index in [4.69, 9.17) is 4.74 Å². The van der Waals surface area contributed by atoms with Crippen molar-refractivity contribution in [2.24, 2.45) is 0 Å². The minimum Gasteiger partial charge on any atom is -0.459 e. The number of pyridine rings is 2. The van der Waals surface area contributed by atoms with Gasteiger partial charge in [-0.3, -0.25) is 15.3 Å². The molecule has 0 radical (unpaired) electrons. The number of carbonyl (C=O) groups is 1. The predicted octanol–water partition coefficient (Wildman–Crippen LogP) is 3.07. The zero-order valence-electron chi connectivity index (χ0n) is 14.6. The molecule has 0 unspecified atom stereocenters. The molecule has 1 N–H and O–H groups in total. The van der Waals surface area contributed by atoms with Crippen LogP contribution in [0.25, 0.3) is 0 Å². The SMILES string of the molecule is CCNC(C(=O)OCc1ccccc1)(c1ccccn1)c1ccccn1. The molecule has 0 saturated carbocycles. The Labute approximate surface area is 153 Å². The van der Waals surface area contributed by atoms with Crippen LogP contribution in [0.4, 0.5) is 0 Å². The predicted molar refractivity (Wildman–Crippen MR) is 99.2 cm³/mol. The lowest BCUT2D eigenvalue weighted by molar-refractivity contribution is -0.152. The number of ether oxygens (including phenoxy) is 1. The Kier molecular flexibility index (Phi) is 5.71. The lowest BCUT2D eigenvalue weighted by atomic mass is 9.89. The summed E-state index contributed by atoms with van der Waals surface area (Å²) >= 11 is 0. The smallest absolute Gasteiger partial charge is 0.339 e. The summed E-state index contributed by atoms with van der Waals surface area (Å²) in [6.45, 7) is 2.67. The van der Waals surface area contributed by atoms with Crippen molar-refractivity contribution >= 4 is 5.97 Å². The van der Waals surface area contributed by atoms with E-state index < -0.39 is 11.5 Å². The van der Waals surface area contributed by atoms with Crippen LogP contribution in [-0.4, -0.2) is 22.5 Å². The van der Waals surface area contributed by atoms with E-state index in [2.05, 4.69) is 15.3 Å². The van der Waals surface area contributed by atoms with Crippen LogP contribution in [0, 0.1) is 0 Å². The summed E-state index contributed by atoms with van der Waals surface area (Å²) in [7, 11) is 0. The van der Waals surface area contributed by atoms with Crippen molar-refractivity contribution in [1.82, 2.24) is 15.3 Å². The Morgan fingerprint density at radius 3 is 2.00 bits per heavy atom. The highest BCUT2D eigenvalue weighted by Crippen LogP contribution is 2.29. The van der Waals surface area contributed by atoms with Gasteiger partial charge in [-0.2, -0.15) is 0 Å². The zero-order valence-corrected chi connectivity index (χ0v) is 14.6. The number of esters is 1. The Balaban J connectivity index is 2.00. The molecule has 0 amide bonds. The Bertz CT molecular complexity index is 784. The molecule has 0 spiro atoms. The molecule has 26 heavy (non-hydrogen) atoms. The van der Waals surface area contributed by atoms with Gasteiger partial charge < -0.3 is 4.74 Å².